The third-order valence-corrected chi connectivity index (χ3v) is 2.96. The fourth-order valence-electron chi connectivity index (χ4n) is 1.83. The number of nitrogens with zero attached hydrogens (tertiary/aromatic N) is 2. The number of hydrogen-bond donors (Lipinski definition) is 1. The first kappa shape index (κ1) is 11.2. The maximum Gasteiger partial charge on any atom is 0.108 e. The number of aryl methyl sites for hydroxylation is 2. The van der Waals surface area contributed by atoms with Crippen molar-refractivity contribution in [1.29, 1.82) is 0 Å². The average molecular weight is 240 g/mol. The van der Waals surface area contributed by atoms with Crippen LogP contribution < -0.4 is 5.73 Å². The molecule has 2 aromatic heterocycles. The van der Waals surface area contributed by atoms with Gasteiger partial charge in [-0.05, 0) is 6.07 Å². The molecule has 0 saturated carbocycles. The van der Waals surface area contributed by atoms with Gasteiger partial charge in [0.25, 0.3) is 0 Å². The van der Waals surface area contributed by atoms with Crippen LogP contribution in [-0.2, 0) is 13.5 Å². The molecule has 1 unspecified atom stereocenters. The van der Waals surface area contributed by atoms with Gasteiger partial charge < -0.3 is 10.2 Å². The first-order valence-electron chi connectivity index (χ1n) is 5.14. The van der Waals surface area contributed by atoms with Crippen LogP contribution in [0, 0.1) is 0 Å². The van der Waals surface area contributed by atoms with Crippen molar-refractivity contribution in [2.75, 3.05) is 0 Å². The molecule has 4 nitrogen and oxygen atoms in total. The minimum absolute atomic E-state index is 0.298. The van der Waals surface area contributed by atoms with Crippen LogP contribution in [0.3, 0.4) is 0 Å². The van der Waals surface area contributed by atoms with Crippen molar-refractivity contribution in [3.8, 4) is 0 Å². The summed E-state index contributed by atoms with van der Waals surface area (Å²) in [6, 6.07) is 1.58. The first-order valence-corrected chi connectivity index (χ1v) is 5.52. The van der Waals surface area contributed by atoms with Gasteiger partial charge in [-0.15, -0.1) is 0 Å². The molecule has 2 aromatic rings. The molecule has 5 heteroatoms. The Balaban J connectivity index is 2.43. The largest absolute Gasteiger partial charge is 0.469 e. The Morgan fingerprint density at radius 2 is 2.38 bits per heavy atom. The topological polar surface area (TPSA) is 57.0 Å². The van der Waals surface area contributed by atoms with Gasteiger partial charge in [0.2, 0.25) is 0 Å². The van der Waals surface area contributed by atoms with Crippen molar-refractivity contribution >= 4 is 11.6 Å². The van der Waals surface area contributed by atoms with E-state index in [9.17, 15) is 0 Å². The van der Waals surface area contributed by atoms with E-state index in [2.05, 4.69) is 5.10 Å². The lowest BCUT2D eigenvalue weighted by molar-refractivity contribution is 0.507. The zero-order chi connectivity index (χ0) is 11.7. The molecule has 2 rings (SSSR count). The first-order chi connectivity index (χ1) is 7.65. The molecular weight excluding hydrogens is 226 g/mol. The zero-order valence-corrected chi connectivity index (χ0v) is 10.0. The summed E-state index contributed by atoms with van der Waals surface area (Å²) in [7, 11) is 1.83. The summed E-state index contributed by atoms with van der Waals surface area (Å²) in [6.45, 7) is 2.03. The van der Waals surface area contributed by atoms with Crippen LogP contribution in [0.5, 0.6) is 0 Å². The Labute approximate surface area is 99.0 Å². The van der Waals surface area contributed by atoms with Crippen LogP contribution in [0.4, 0.5) is 0 Å². The van der Waals surface area contributed by atoms with Crippen LogP contribution in [0.1, 0.15) is 30.0 Å². The van der Waals surface area contributed by atoms with E-state index < -0.39 is 0 Å². The summed E-state index contributed by atoms with van der Waals surface area (Å²) >= 11 is 6.06. The summed E-state index contributed by atoms with van der Waals surface area (Å²) in [5.41, 5.74) is 7.95. The Bertz CT molecular complexity index is 470. The Morgan fingerprint density at radius 1 is 1.62 bits per heavy atom. The highest BCUT2D eigenvalue weighted by molar-refractivity contribution is 6.31. The lowest BCUT2D eigenvalue weighted by Crippen LogP contribution is -2.17. The van der Waals surface area contributed by atoms with Crippen molar-refractivity contribution in [3.05, 3.63) is 40.6 Å². The van der Waals surface area contributed by atoms with Gasteiger partial charge in [0, 0.05) is 19.0 Å². The summed E-state index contributed by atoms with van der Waals surface area (Å²) in [5, 5.41) is 4.66. The molecule has 0 spiro atoms. The number of halogens is 1. The van der Waals surface area contributed by atoms with Crippen LogP contribution in [0.2, 0.25) is 5.02 Å². The monoisotopic (exact) mass is 239 g/mol. The Hall–Kier alpha value is -1.26. The molecule has 0 amide bonds. The highest BCUT2D eigenvalue weighted by atomic mass is 35.5. The van der Waals surface area contributed by atoms with Crippen LogP contribution in [-0.4, -0.2) is 9.78 Å². The van der Waals surface area contributed by atoms with Crippen molar-refractivity contribution in [3.63, 3.8) is 0 Å². The standard InChI is InChI=1S/C11H14ClN3O/c1-3-9-7(4-5-16-9)10(13)11-8(12)6-14-15(11)2/h4-6,10H,3,13H2,1-2H3. The molecule has 2 heterocycles. The van der Waals surface area contributed by atoms with Crippen molar-refractivity contribution in [2.45, 2.75) is 19.4 Å². The second-order valence-corrected chi connectivity index (χ2v) is 4.04. The Kier molecular flexibility index (Phi) is 3.03. The number of rotatable bonds is 3. The molecule has 0 saturated heterocycles. The lowest BCUT2D eigenvalue weighted by Gasteiger charge is -2.12. The number of furan rings is 1. The lowest BCUT2D eigenvalue weighted by atomic mass is 10.0. The average Bonchev–Trinajstić information content (AvgIpc) is 2.85. The van der Waals surface area contributed by atoms with Gasteiger partial charge in [0.05, 0.1) is 29.2 Å². The zero-order valence-electron chi connectivity index (χ0n) is 9.27. The highest BCUT2D eigenvalue weighted by Gasteiger charge is 2.20. The molecule has 0 radical (unpaired) electrons. The van der Waals surface area contributed by atoms with Crippen molar-refractivity contribution < 1.29 is 4.42 Å². The molecule has 1 atom stereocenters. The summed E-state index contributed by atoms with van der Waals surface area (Å²) in [4.78, 5) is 0. The molecule has 16 heavy (non-hydrogen) atoms. The fraction of sp³-hybridized carbons (Fsp3) is 0.364. The maximum absolute atomic E-state index is 6.18. The van der Waals surface area contributed by atoms with Crippen LogP contribution in [0.25, 0.3) is 0 Å². The molecule has 0 aliphatic heterocycles. The fourth-order valence-corrected chi connectivity index (χ4v) is 2.12. The number of nitrogens with two attached hydrogens (primary N) is 1. The number of aromatic nitrogens is 2. The second kappa shape index (κ2) is 4.31. The van der Waals surface area contributed by atoms with Gasteiger partial charge in [-0.2, -0.15) is 5.10 Å². The highest BCUT2D eigenvalue weighted by Crippen LogP contribution is 2.28. The minimum Gasteiger partial charge on any atom is -0.469 e. The second-order valence-electron chi connectivity index (χ2n) is 3.63. The van der Waals surface area contributed by atoms with Crippen molar-refractivity contribution in [1.82, 2.24) is 9.78 Å². The molecular formula is C11H14ClN3O. The minimum atomic E-state index is -0.298. The smallest absolute Gasteiger partial charge is 0.108 e. The third-order valence-electron chi connectivity index (χ3n) is 2.67. The molecule has 0 fully saturated rings. The predicted molar refractivity (Wildman–Crippen MR) is 62.3 cm³/mol. The van der Waals surface area contributed by atoms with Gasteiger partial charge in [-0.1, -0.05) is 18.5 Å². The van der Waals surface area contributed by atoms with E-state index >= 15 is 0 Å². The van der Waals surface area contributed by atoms with E-state index in [-0.39, 0.29) is 6.04 Å². The molecule has 0 aromatic carbocycles. The van der Waals surface area contributed by atoms with E-state index in [1.54, 1.807) is 17.1 Å². The molecule has 2 N–H and O–H groups in total. The molecule has 0 aliphatic carbocycles. The van der Waals surface area contributed by atoms with E-state index in [0.29, 0.717) is 5.02 Å². The molecule has 0 aliphatic rings. The summed E-state index contributed by atoms with van der Waals surface area (Å²) < 4.78 is 7.05. The van der Waals surface area contributed by atoms with E-state index in [0.717, 1.165) is 23.4 Å². The number of hydrogen-bond acceptors (Lipinski definition) is 3. The van der Waals surface area contributed by atoms with Gasteiger partial charge in [0.1, 0.15) is 5.76 Å². The van der Waals surface area contributed by atoms with Gasteiger partial charge >= 0.3 is 0 Å². The SMILES string of the molecule is CCc1occc1C(N)c1c(Cl)cnn1C. The van der Waals surface area contributed by atoms with Gasteiger partial charge in [-0.3, -0.25) is 4.68 Å². The van der Waals surface area contributed by atoms with Gasteiger partial charge in [-0.25, -0.2) is 0 Å². The quantitative estimate of drug-likeness (QED) is 0.894. The van der Waals surface area contributed by atoms with E-state index in [1.165, 1.54) is 0 Å². The third kappa shape index (κ3) is 1.74. The Morgan fingerprint density at radius 3 is 2.94 bits per heavy atom. The summed E-state index contributed by atoms with van der Waals surface area (Å²) in [6.07, 6.45) is 4.06. The molecule has 0 bridgehead atoms. The normalized spacial score (nSPS) is 13.0. The van der Waals surface area contributed by atoms with E-state index in [1.807, 2.05) is 20.0 Å². The van der Waals surface area contributed by atoms with E-state index in [4.69, 9.17) is 21.8 Å². The van der Waals surface area contributed by atoms with Crippen LogP contribution >= 0.6 is 11.6 Å². The van der Waals surface area contributed by atoms with Gasteiger partial charge in [0.15, 0.2) is 0 Å². The maximum atomic E-state index is 6.18. The van der Waals surface area contributed by atoms with Crippen LogP contribution in [0.15, 0.2) is 22.9 Å². The molecule has 86 valence electrons. The van der Waals surface area contributed by atoms with Crippen molar-refractivity contribution in [2.24, 2.45) is 12.8 Å². The predicted octanol–water partition coefficient (Wildman–Crippen LogP) is 2.28. The summed E-state index contributed by atoms with van der Waals surface area (Å²) in [5.74, 6) is 0.893.